The van der Waals surface area contributed by atoms with Crippen LogP contribution in [-0.2, 0) is 0 Å². The number of hydrogen-bond acceptors (Lipinski definition) is 5. The molecular formula is C20H26F2N4OS. The van der Waals surface area contributed by atoms with E-state index in [9.17, 15) is 13.6 Å². The third-order valence-electron chi connectivity index (χ3n) is 3.57. The van der Waals surface area contributed by atoms with E-state index in [0.717, 1.165) is 35.1 Å². The topological polar surface area (TPSA) is 80.4 Å². The lowest BCUT2D eigenvalue weighted by atomic mass is 10.2. The predicted molar refractivity (Wildman–Crippen MR) is 113 cm³/mol. The number of allylic oxidation sites excluding steroid dienone is 2. The highest BCUT2D eigenvalue weighted by molar-refractivity contribution is 7.19. The van der Waals surface area contributed by atoms with Crippen molar-refractivity contribution in [3.05, 3.63) is 46.8 Å². The molecule has 5 nitrogen and oxygen atoms in total. The first-order valence-corrected chi connectivity index (χ1v) is 9.69. The average molecular weight is 409 g/mol. The summed E-state index contributed by atoms with van der Waals surface area (Å²) in [5, 5.41) is 2.91. The van der Waals surface area contributed by atoms with Gasteiger partial charge in [-0.05, 0) is 32.0 Å². The third kappa shape index (κ3) is 6.53. The Balaban J connectivity index is 0.000000892. The Bertz CT molecular complexity index is 869. The molecule has 0 aliphatic heterocycles. The Morgan fingerprint density at radius 2 is 1.93 bits per heavy atom. The molecule has 0 unspecified atom stereocenters. The smallest absolute Gasteiger partial charge is 0.277 e. The number of nitrogens with two attached hydrogens (primary N) is 1. The van der Waals surface area contributed by atoms with Crippen molar-refractivity contribution in [3.8, 4) is 10.6 Å². The molecule has 3 N–H and O–H groups in total. The van der Waals surface area contributed by atoms with E-state index >= 15 is 0 Å². The van der Waals surface area contributed by atoms with Gasteiger partial charge in [0.25, 0.3) is 5.91 Å². The van der Waals surface area contributed by atoms with Gasteiger partial charge in [-0.1, -0.05) is 43.6 Å². The fourth-order valence-electron chi connectivity index (χ4n) is 1.87. The fourth-order valence-corrected chi connectivity index (χ4v) is 2.71. The quantitative estimate of drug-likeness (QED) is 0.667. The molecule has 0 bridgehead atoms. The number of carbonyl (C=O) groups excluding carboxylic acids is 1. The first-order valence-electron chi connectivity index (χ1n) is 8.87. The van der Waals surface area contributed by atoms with E-state index in [1.165, 1.54) is 19.1 Å². The molecule has 152 valence electrons. The Morgan fingerprint density at radius 3 is 2.46 bits per heavy atom. The van der Waals surface area contributed by atoms with Crippen molar-refractivity contribution in [2.45, 2.75) is 40.5 Å². The van der Waals surface area contributed by atoms with E-state index in [1.807, 2.05) is 13.8 Å². The molecule has 2 aromatic rings. The van der Waals surface area contributed by atoms with Crippen LogP contribution >= 0.6 is 11.3 Å². The minimum Gasteiger partial charge on any atom is -0.389 e. The van der Waals surface area contributed by atoms with Crippen LogP contribution in [0.3, 0.4) is 0 Å². The van der Waals surface area contributed by atoms with Crippen LogP contribution in [0, 0.1) is 11.6 Å². The Labute approximate surface area is 168 Å². The van der Waals surface area contributed by atoms with E-state index in [-0.39, 0.29) is 21.3 Å². The number of nitrogen functional groups attached to an aromatic ring is 1. The number of benzene rings is 1. The van der Waals surface area contributed by atoms with Gasteiger partial charge in [0.05, 0.1) is 5.70 Å². The molecule has 0 aliphatic rings. The Hall–Kier alpha value is -2.61. The number of anilines is 1. The number of nitrogens with zero attached hydrogens (tertiary/aromatic N) is 2. The normalized spacial score (nSPS) is 10.4. The van der Waals surface area contributed by atoms with Crippen LogP contribution in [0.5, 0.6) is 0 Å². The van der Waals surface area contributed by atoms with Gasteiger partial charge in [-0.2, -0.15) is 0 Å². The number of carbonyl (C=O) groups is 1. The number of unbranched alkanes of at least 4 members (excludes halogenated alkanes) is 1. The first kappa shape index (κ1) is 23.4. The number of aromatic nitrogens is 1. The summed E-state index contributed by atoms with van der Waals surface area (Å²) in [7, 11) is 1.58. The van der Waals surface area contributed by atoms with Crippen LogP contribution in [0.1, 0.15) is 51.0 Å². The maximum atomic E-state index is 13.8. The average Bonchev–Trinajstić information content (AvgIpc) is 3.05. The highest BCUT2D eigenvalue weighted by atomic mass is 32.1. The molecule has 0 radical (unpaired) electrons. The van der Waals surface area contributed by atoms with Gasteiger partial charge >= 0.3 is 0 Å². The molecule has 1 heterocycles. The van der Waals surface area contributed by atoms with Crippen LogP contribution in [-0.4, -0.2) is 24.2 Å². The molecule has 0 atom stereocenters. The van der Waals surface area contributed by atoms with E-state index in [4.69, 9.17) is 5.73 Å². The maximum absolute atomic E-state index is 13.8. The SMILES string of the molecule is CCCC.CN=CC(NC(=O)c1nc(-c2cc(F)ccc2F)sc1N)=C(C)C. The van der Waals surface area contributed by atoms with Crippen molar-refractivity contribution in [1.29, 1.82) is 0 Å². The van der Waals surface area contributed by atoms with Gasteiger partial charge in [0.1, 0.15) is 21.6 Å². The molecule has 1 amide bonds. The van der Waals surface area contributed by atoms with Crippen LogP contribution < -0.4 is 11.1 Å². The standard InChI is InChI=1S/C16H16F2N4OS.C4H10/c1-8(2)12(7-20-3)21-15(23)13-14(19)24-16(22-13)10-6-9(17)4-5-11(10)18;1-3-4-2/h4-7H,19H2,1-3H3,(H,21,23);3-4H2,1-2H3. The van der Waals surface area contributed by atoms with Gasteiger partial charge in [-0.25, -0.2) is 13.8 Å². The summed E-state index contributed by atoms with van der Waals surface area (Å²) in [6.45, 7) is 7.99. The molecule has 0 fully saturated rings. The zero-order chi connectivity index (χ0) is 21.3. The lowest BCUT2D eigenvalue weighted by Crippen LogP contribution is -2.25. The van der Waals surface area contributed by atoms with Crippen molar-refractivity contribution in [2.75, 3.05) is 12.8 Å². The van der Waals surface area contributed by atoms with Crippen molar-refractivity contribution < 1.29 is 13.6 Å². The molecule has 8 heteroatoms. The summed E-state index contributed by atoms with van der Waals surface area (Å²) >= 11 is 0.917. The van der Waals surface area contributed by atoms with E-state index in [1.54, 1.807) is 7.05 Å². The third-order valence-corrected chi connectivity index (χ3v) is 4.49. The van der Waals surface area contributed by atoms with Crippen LogP contribution in [0.15, 0.2) is 34.5 Å². The number of hydrogen-bond donors (Lipinski definition) is 2. The maximum Gasteiger partial charge on any atom is 0.277 e. The first-order chi connectivity index (χ1) is 13.2. The molecule has 2 rings (SSSR count). The van der Waals surface area contributed by atoms with Crippen LogP contribution in [0.25, 0.3) is 10.6 Å². The number of aliphatic imine (C=N–C) groups is 1. The highest BCUT2D eigenvalue weighted by Gasteiger charge is 2.20. The minimum atomic E-state index is -0.639. The van der Waals surface area contributed by atoms with Crippen molar-refractivity contribution in [2.24, 2.45) is 4.99 Å². The Kier molecular flexibility index (Phi) is 9.44. The summed E-state index contributed by atoms with van der Waals surface area (Å²) in [5.41, 5.74) is 7.11. The largest absolute Gasteiger partial charge is 0.389 e. The number of thiazole rings is 1. The summed E-state index contributed by atoms with van der Waals surface area (Å²) < 4.78 is 27.2. The van der Waals surface area contributed by atoms with Crippen LogP contribution in [0.4, 0.5) is 13.8 Å². The second-order valence-electron chi connectivity index (χ2n) is 6.11. The van der Waals surface area contributed by atoms with Crippen molar-refractivity contribution in [3.63, 3.8) is 0 Å². The van der Waals surface area contributed by atoms with Crippen molar-refractivity contribution >= 4 is 28.5 Å². The molecule has 0 saturated carbocycles. The highest BCUT2D eigenvalue weighted by Crippen LogP contribution is 2.32. The summed E-state index contributed by atoms with van der Waals surface area (Å²) in [5.74, 6) is -1.78. The lowest BCUT2D eigenvalue weighted by Gasteiger charge is -2.06. The monoisotopic (exact) mass is 408 g/mol. The van der Waals surface area contributed by atoms with E-state index in [2.05, 4.69) is 29.1 Å². The second kappa shape index (κ2) is 11.3. The zero-order valence-corrected chi connectivity index (χ0v) is 17.6. The lowest BCUT2D eigenvalue weighted by molar-refractivity contribution is 0.0964. The summed E-state index contributed by atoms with van der Waals surface area (Å²) in [4.78, 5) is 20.3. The molecule has 0 saturated heterocycles. The zero-order valence-electron chi connectivity index (χ0n) is 16.8. The number of amides is 1. The number of rotatable bonds is 5. The summed E-state index contributed by atoms with van der Waals surface area (Å²) in [6.07, 6.45) is 4.14. The van der Waals surface area contributed by atoms with E-state index in [0.29, 0.717) is 5.70 Å². The van der Waals surface area contributed by atoms with Gasteiger partial charge < -0.3 is 11.1 Å². The molecule has 1 aromatic heterocycles. The van der Waals surface area contributed by atoms with Gasteiger partial charge in [0, 0.05) is 18.8 Å². The fraction of sp³-hybridized carbons (Fsp3) is 0.350. The molecule has 0 aliphatic carbocycles. The van der Waals surface area contributed by atoms with Gasteiger partial charge in [-0.3, -0.25) is 9.79 Å². The molecular weight excluding hydrogens is 382 g/mol. The van der Waals surface area contributed by atoms with E-state index < -0.39 is 17.5 Å². The van der Waals surface area contributed by atoms with Gasteiger partial charge in [0.15, 0.2) is 5.69 Å². The van der Waals surface area contributed by atoms with Crippen molar-refractivity contribution in [1.82, 2.24) is 10.3 Å². The predicted octanol–water partition coefficient (Wildman–Crippen LogP) is 5.20. The summed E-state index contributed by atoms with van der Waals surface area (Å²) in [6, 6.07) is 3.02. The van der Waals surface area contributed by atoms with Gasteiger partial charge in [0.2, 0.25) is 0 Å². The second-order valence-corrected chi connectivity index (χ2v) is 7.14. The molecule has 0 spiro atoms. The van der Waals surface area contributed by atoms with Gasteiger partial charge in [-0.15, -0.1) is 0 Å². The van der Waals surface area contributed by atoms with Crippen LogP contribution in [0.2, 0.25) is 0 Å². The number of halogens is 2. The number of nitrogens with one attached hydrogen (secondary N) is 1. The molecule has 28 heavy (non-hydrogen) atoms. The molecule has 1 aromatic carbocycles. The Morgan fingerprint density at radius 1 is 1.29 bits per heavy atom. The minimum absolute atomic E-state index is 0.0386.